The normalized spacial score (nSPS) is 14.3. The molecule has 0 saturated heterocycles. The first-order chi connectivity index (χ1) is 7.47. The second-order valence-electron chi connectivity index (χ2n) is 4.00. The van der Waals surface area contributed by atoms with Crippen molar-refractivity contribution in [1.82, 2.24) is 10.2 Å². The highest BCUT2D eigenvalue weighted by atomic mass is 16.3. The quantitative estimate of drug-likeness (QED) is 0.392. The molecule has 0 spiro atoms. The maximum Gasteiger partial charge on any atom is 0.210 e. The van der Waals surface area contributed by atoms with Crippen molar-refractivity contribution in [3.8, 4) is 0 Å². The maximum atomic E-state index is 10.8. The van der Waals surface area contributed by atoms with Gasteiger partial charge in [0.25, 0.3) is 0 Å². The molecular formula is C12H22N2O2. The lowest BCUT2D eigenvalue weighted by molar-refractivity contribution is -0.119. The summed E-state index contributed by atoms with van der Waals surface area (Å²) in [7, 11) is 1.77. The Morgan fingerprint density at radius 2 is 2.06 bits per heavy atom. The van der Waals surface area contributed by atoms with Crippen molar-refractivity contribution in [1.29, 1.82) is 0 Å². The van der Waals surface area contributed by atoms with Gasteiger partial charge < -0.3 is 15.3 Å². The van der Waals surface area contributed by atoms with E-state index < -0.39 is 0 Å². The second-order valence-corrected chi connectivity index (χ2v) is 4.00. The fourth-order valence-electron chi connectivity index (χ4n) is 1.20. The number of aliphatic hydroxyl groups is 1. The van der Waals surface area contributed by atoms with E-state index in [1.165, 1.54) is 0 Å². The van der Waals surface area contributed by atoms with E-state index in [2.05, 4.69) is 11.9 Å². The Labute approximate surface area is 97.6 Å². The van der Waals surface area contributed by atoms with Crippen LogP contribution in [0.1, 0.15) is 20.8 Å². The summed E-state index contributed by atoms with van der Waals surface area (Å²) >= 11 is 0. The topological polar surface area (TPSA) is 52.6 Å². The summed E-state index contributed by atoms with van der Waals surface area (Å²) in [6.07, 6.45) is 2.37. The van der Waals surface area contributed by atoms with Crippen LogP contribution in [0.2, 0.25) is 0 Å². The van der Waals surface area contributed by atoms with Gasteiger partial charge in [0, 0.05) is 18.2 Å². The van der Waals surface area contributed by atoms with Crippen LogP contribution in [0.25, 0.3) is 0 Å². The third-order valence-electron chi connectivity index (χ3n) is 2.57. The number of amides is 1. The van der Waals surface area contributed by atoms with Gasteiger partial charge in [-0.15, -0.1) is 0 Å². The van der Waals surface area contributed by atoms with Gasteiger partial charge >= 0.3 is 0 Å². The summed E-state index contributed by atoms with van der Waals surface area (Å²) in [6, 6.07) is -0.0428. The Morgan fingerprint density at radius 3 is 2.38 bits per heavy atom. The smallest absolute Gasteiger partial charge is 0.210 e. The van der Waals surface area contributed by atoms with Crippen LogP contribution in [0.3, 0.4) is 0 Å². The molecule has 0 rings (SSSR count). The van der Waals surface area contributed by atoms with Crippen molar-refractivity contribution in [2.75, 3.05) is 13.6 Å². The van der Waals surface area contributed by atoms with Crippen LogP contribution >= 0.6 is 0 Å². The van der Waals surface area contributed by atoms with E-state index >= 15 is 0 Å². The molecule has 0 aliphatic carbocycles. The third kappa shape index (κ3) is 4.06. The van der Waals surface area contributed by atoms with E-state index in [0.717, 1.165) is 6.41 Å². The number of nitrogens with one attached hydrogen (secondary N) is 1. The fourth-order valence-corrected chi connectivity index (χ4v) is 1.20. The first-order valence-electron chi connectivity index (χ1n) is 5.40. The molecule has 0 aliphatic rings. The van der Waals surface area contributed by atoms with Crippen LogP contribution in [-0.2, 0) is 4.79 Å². The van der Waals surface area contributed by atoms with Crippen LogP contribution in [0, 0.1) is 0 Å². The predicted octanol–water partition coefficient (Wildman–Crippen LogP) is 1.46. The van der Waals surface area contributed by atoms with Gasteiger partial charge in [0.1, 0.15) is 5.76 Å². The summed E-state index contributed by atoms with van der Waals surface area (Å²) in [5, 5.41) is 12.8. The Morgan fingerprint density at radius 1 is 1.50 bits per heavy atom. The lowest BCUT2D eigenvalue weighted by atomic mass is 10.1. The monoisotopic (exact) mass is 226 g/mol. The molecular weight excluding hydrogens is 204 g/mol. The first-order valence-corrected chi connectivity index (χ1v) is 5.40. The molecule has 92 valence electrons. The molecule has 0 fully saturated rings. The van der Waals surface area contributed by atoms with E-state index in [1.54, 1.807) is 18.0 Å². The summed E-state index contributed by atoms with van der Waals surface area (Å²) in [4.78, 5) is 12.4. The van der Waals surface area contributed by atoms with Gasteiger partial charge in [-0.25, -0.2) is 0 Å². The summed E-state index contributed by atoms with van der Waals surface area (Å²) in [5.41, 5.74) is 0.669. The number of hydrogen-bond donors (Lipinski definition) is 2. The molecule has 0 bridgehead atoms. The van der Waals surface area contributed by atoms with E-state index in [9.17, 15) is 9.90 Å². The molecule has 0 aliphatic heterocycles. The molecule has 0 aromatic rings. The number of likely N-dealkylation sites (N-methyl/N-ethyl adjacent to an activating group) is 1. The first kappa shape index (κ1) is 14.7. The van der Waals surface area contributed by atoms with Gasteiger partial charge in [-0.05, 0) is 27.8 Å². The van der Waals surface area contributed by atoms with Crippen molar-refractivity contribution >= 4 is 6.41 Å². The van der Waals surface area contributed by atoms with Crippen LogP contribution in [0.5, 0.6) is 0 Å². The van der Waals surface area contributed by atoms with Gasteiger partial charge in [-0.1, -0.05) is 12.7 Å². The molecule has 1 atom stereocenters. The number of aliphatic hydroxyl groups excluding tert-OH is 1. The number of nitrogens with zero attached hydrogens (tertiary/aromatic N) is 1. The fraction of sp³-hybridized carbons (Fsp3) is 0.583. The molecule has 0 radical (unpaired) electrons. The van der Waals surface area contributed by atoms with Gasteiger partial charge in [-0.2, -0.15) is 0 Å². The molecule has 2 N–H and O–H groups in total. The minimum atomic E-state index is -0.145. The van der Waals surface area contributed by atoms with Crippen molar-refractivity contribution in [2.24, 2.45) is 0 Å². The highest BCUT2D eigenvalue weighted by Gasteiger charge is 2.13. The van der Waals surface area contributed by atoms with Crippen LogP contribution in [0.15, 0.2) is 24.0 Å². The zero-order valence-electron chi connectivity index (χ0n) is 10.5. The number of hydrogen-bond acceptors (Lipinski definition) is 3. The van der Waals surface area contributed by atoms with Crippen molar-refractivity contribution < 1.29 is 9.90 Å². The highest BCUT2D eigenvalue weighted by molar-refractivity contribution is 5.49. The molecule has 1 unspecified atom stereocenters. The lowest BCUT2D eigenvalue weighted by Gasteiger charge is -2.23. The minimum absolute atomic E-state index is 0.102. The highest BCUT2D eigenvalue weighted by Crippen LogP contribution is 2.10. The number of carbonyl (C=O) groups is 1. The average molecular weight is 226 g/mol. The predicted molar refractivity (Wildman–Crippen MR) is 66.3 cm³/mol. The van der Waals surface area contributed by atoms with Crippen molar-refractivity contribution in [3.05, 3.63) is 24.0 Å². The summed E-state index contributed by atoms with van der Waals surface area (Å²) in [6.45, 7) is 9.73. The molecule has 1 amide bonds. The van der Waals surface area contributed by atoms with Crippen LogP contribution in [-0.4, -0.2) is 42.1 Å². The Kier molecular flexibility index (Phi) is 6.49. The lowest BCUT2D eigenvalue weighted by Crippen LogP contribution is -2.33. The van der Waals surface area contributed by atoms with Gasteiger partial charge in [0.15, 0.2) is 0 Å². The number of carbonyl (C=O) groups excluding carboxylic acids is 1. The van der Waals surface area contributed by atoms with Crippen molar-refractivity contribution in [2.45, 2.75) is 32.9 Å². The molecule has 4 nitrogen and oxygen atoms in total. The maximum absolute atomic E-state index is 10.8. The molecule has 0 aromatic carbocycles. The van der Waals surface area contributed by atoms with Crippen LogP contribution in [0.4, 0.5) is 0 Å². The average Bonchev–Trinajstić information content (AvgIpc) is 2.28. The van der Waals surface area contributed by atoms with E-state index in [0.29, 0.717) is 12.1 Å². The largest absolute Gasteiger partial charge is 0.510 e. The molecule has 4 heteroatoms. The Balaban J connectivity index is 4.86. The van der Waals surface area contributed by atoms with E-state index in [1.807, 2.05) is 20.8 Å². The summed E-state index contributed by atoms with van der Waals surface area (Å²) < 4.78 is 0. The summed E-state index contributed by atoms with van der Waals surface area (Å²) in [5.74, 6) is 0.227. The third-order valence-corrected chi connectivity index (χ3v) is 2.57. The van der Waals surface area contributed by atoms with Gasteiger partial charge in [-0.3, -0.25) is 4.79 Å². The zero-order valence-corrected chi connectivity index (χ0v) is 10.5. The number of rotatable bonds is 7. The van der Waals surface area contributed by atoms with Crippen molar-refractivity contribution in [3.63, 3.8) is 0 Å². The van der Waals surface area contributed by atoms with Crippen LogP contribution < -0.4 is 5.32 Å². The van der Waals surface area contributed by atoms with E-state index in [4.69, 9.17) is 0 Å². The van der Waals surface area contributed by atoms with Gasteiger partial charge in [0.2, 0.25) is 6.41 Å². The molecule has 0 aromatic heterocycles. The van der Waals surface area contributed by atoms with E-state index in [-0.39, 0.29) is 17.8 Å². The standard InChI is InChI=1S/C12H22N2O2/c1-6-11(12(16)10(4)13-5)7-14(8-15)9(2)3/h6,8-10,13,16H,1,7H2,2-5H3/b12-11+. The van der Waals surface area contributed by atoms with Gasteiger partial charge in [0.05, 0.1) is 6.04 Å². The SMILES string of the molecule is C=C/C(CN(C=O)C(C)C)=C(\O)C(C)NC. The molecule has 0 heterocycles. The Hall–Kier alpha value is -1.29. The Bertz CT molecular complexity index is 272. The zero-order chi connectivity index (χ0) is 12.7. The minimum Gasteiger partial charge on any atom is -0.510 e. The molecule has 16 heavy (non-hydrogen) atoms. The molecule has 0 saturated carbocycles. The second kappa shape index (κ2) is 7.06.